The first kappa shape index (κ1) is 13.6. The number of carboxylic acids is 1. The number of hydrogen-bond donors (Lipinski definition) is 3. The SMILES string of the molecule is O=C(O)c1c(OC(F)F)ccc2c1O[B-](O)(O)CC2. The summed E-state index contributed by atoms with van der Waals surface area (Å²) in [7, 11) is 0. The van der Waals surface area contributed by atoms with E-state index in [0.29, 0.717) is 5.56 Å². The molecule has 0 saturated carbocycles. The molecule has 0 amide bonds. The first-order valence-electron chi connectivity index (χ1n) is 5.43. The van der Waals surface area contributed by atoms with Gasteiger partial charge >= 0.3 is 19.3 Å². The van der Waals surface area contributed by atoms with Crippen molar-refractivity contribution in [1.29, 1.82) is 0 Å². The Balaban J connectivity index is 2.53. The molecule has 104 valence electrons. The van der Waals surface area contributed by atoms with Crippen LogP contribution in [0.2, 0.25) is 6.32 Å². The van der Waals surface area contributed by atoms with Gasteiger partial charge in [0.25, 0.3) is 0 Å². The van der Waals surface area contributed by atoms with Gasteiger partial charge in [0, 0.05) is 0 Å². The predicted molar refractivity (Wildman–Crippen MR) is 59.4 cm³/mol. The quantitative estimate of drug-likeness (QED) is 0.707. The highest BCUT2D eigenvalue weighted by atomic mass is 19.3. The van der Waals surface area contributed by atoms with E-state index in [1.165, 1.54) is 6.07 Å². The topological polar surface area (TPSA) is 96.2 Å². The van der Waals surface area contributed by atoms with Gasteiger partial charge in [0.2, 0.25) is 0 Å². The van der Waals surface area contributed by atoms with Gasteiger partial charge in [-0.2, -0.15) is 8.78 Å². The molecule has 1 aromatic carbocycles. The summed E-state index contributed by atoms with van der Waals surface area (Å²) < 4.78 is 33.3. The lowest BCUT2D eigenvalue weighted by Crippen LogP contribution is -2.45. The third-order valence-electron chi connectivity index (χ3n) is 2.73. The second kappa shape index (κ2) is 4.67. The standard InChI is InChI=1S/C10H10BF2O6/c12-10(13)18-6-2-1-5-3-4-11(16,17)19-8(5)7(6)9(14)15/h1-2,10,16-17H,3-4H2,(H,14,15)/q-1. The molecule has 1 aliphatic heterocycles. The highest BCUT2D eigenvalue weighted by Crippen LogP contribution is 2.38. The van der Waals surface area contributed by atoms with Crippen LogP contribution in [0.4, 0.5) is 8.78 Å². The number of rotatable bonds is 3. The molecule has 3 N–H and O–H groups in total. The molecule has 0 bridgehead atoms. The number of ether oxygens (including phenoxy) is 1. The van der Waals surface area contributed by atoms with E-state index in [2.05, 4.69) is 4.74 Å². The minimum atomic E-state index is -3.20. The molecular weight excluding hydrogens is 265 g/mol. The summed E-state index contributed by atoms with van der Waals surface area (Å²) in [5, 5.41) is 27.9. The Kier molecular flexibility index (Phi) is 3.33. The largest absolute Gasteiger partial charge is 0.669 e. The Bertz CT molecular complexity index is 519. The monoisotopic (exact) mass is 275 g/mol. The molecule has 0 radical (unpaired) electrons. The molecule has 1 aliphatic rings. The summed E-state index contributed by atoms with van der Waals surface area (Å²) in [5.41, 5.74) is -0.258. The minimum absolute atomic E-state index is 0.0961. The van der Waals surface area contributed by atoms with E-state index in [1.54, 1.807) is 0 Å². The molecular formula is C10H10BF2O6-. The van der Waals surface area contributed by atoms with Crippen LogP contribution in [0.3, 0.4) is 0 Å². The van der Waals surface area contributed by atoms with Gasteiger partial charge < -0.3 is 24.5 Å². The van der Waals surface area contributed by atoms with Gasteiger partial charge in [0.1, 0.15) is 11.3 Å². The van der Waals surface area contributed by atoms with Crippen molar-refractivity contribution in [3.63, 3.8) is 0 Å². The van der Waals surface area contributed by atoms with Gasteiger partial charge in [0.05, 0.1) is 5.75 Å². The Morgan fingerprint density at radius 2 is 2.11 bits per heavy atom. The molecule has 19 heavy (non-hydrogen) atoms. The number of aromatic carboxylic acids is 1. The highest BCUT2D eigenvalue weighted by molar-refractivity contribution is 6.59. The Morgan fingerprint density at radius 1 is 1.42 bits per heavy atom. The summed E-state index contributed by atoms with van der Waals surface area (Å²) in [4.78, 5) is 11.1. The van der Waals surface area contributed by atoms with Crippen molar-refractivity contribution in [1.82, 2.24) is 0 Å². The number of alkyl halides is 2. The molecule has 0 fully saturated rings. The highest BCUT2D eigenvalue weighted by Gasteiger charge is 2.33. The smallest absolute Gasteiger partial charge is 0.430 e. The fraction of sp³-hybridized carbons (Fsp3) is 0.300. The summed E-state index contributed by atoms with van der Waals surface area (Å²) in [6.07, 6.45) is 0.0681. The number of fused-ring (bicyclic) bond motifs is 1. The summed E-state index contributed by atoms with van der Waals surface area (Å²) in [6, 6.07) is 2.44. The maximum atomic E-state index is 12.2. The van der Waals surface area contributed by atoms with E-state index >= 15 is 0 Å². The normalized spacial score (nSPS) is 16.7. The van der Waals surface area contributed by atoms with Crippen molar-refractivity contribution in [2.24, 2.45) is 0 Å². The van der Waals surface area contributed by atoms with Crippen molar-refractivity contribution >= 4 is 12.7 Å². The molecule has 0 aliphatic carbocycles. The van der Waals surface area contributed by atoms with E-state index in [9.17, 15) is 23.6 Å². The lowest BCUT2D eigenvalue weighted by molar-refractivity contribution is -0.0504. The second-order valence-corrected chi connectivity index (χ2v) is 4.13. The Labute approximate surface area is 106 Å². The van der Waals surface area contributed by atoms with Crippen LogP contribution in [-0.4, -0.2) is 34.5 Å². The predicted octanol–water partition coefficient (Wildman–Crippen LogP) is 0.845. The zero-order chi connectivity index (χ0) is 14.2. The summed E-state index contributed by atoms with van der Waals surface area (Å²) in [5.74, 6) is -2.49. The molecule has 0 spiro atoms. The van der Waals surface area contributed by atoms with Gasteiger partial charge in [-0.1, -0.05) is 12.4 Å². The van der Waals surface area contributed by atoms with Crippen molar-refractivity contribution in [2.45, 2.75) is 19.4 Å². The molecule has 1 heterocycles. The van der Waals surface area contributed by atoms with E-state index in [1.807, 2.05) is 0 Å². The number of benzene rings is 1. The van der Waals surface area contributed by atoms with Gasteiger partial charge in [0.15, 0.2) is 0 Å². The van der Waals surface area contributed by atoms with Crippen LogP contribution in [0.1, 0.15) is 15.9 Å². The molecule has 0 atom stereocenters. The molecule has 1 aromatic rings. The maximum Gasteiger partial charge on any atom is 0.430 e. The van der Waals surface area contributed by atoms with E-state index < -0.39 is 30.6 Å². The van der Waals surface area contributed by atoms with Crippen LogP contribution < -0.4 is 9.39 Å². The second-order valence-electron chi connectivity index (χ2n) is 4.13. The Hall–Kier alpha value is -1.87. The van der Waals surface area contributed by atoms with Gasteiger partial charge in [-0.25, -0.2) is 4.79 Å². The van der Waals surface area contributed by atoms with Crippen LogP contribution in [0.15, 0.2) is 12.1 Å². The number of carbonyl (C=O) groups is 1. The zero-order valence-corrected chi connectivity index (χ0v) is 9.55. The lowest BCUT2D eigenvalue weighted by atomic mass is 9.70. The maximum absolute atomic E-state index is 12.2. The Morgan fingerprint density at radius 3 is 2.68 bits per heavy atom. The number of halogens is 2. The number of hydrogen-bond acceptors (Lipinski definition) is 5. The fourth-order valence-electron chi connectivity index (χ4n) is 1.93. The summed E-state index contributed by atoms with van der Waals surface area (Å²) in [6.45, 7) is -6.38. The van der Waals surface area contributed by atoms with Crippen LogP contribution in [-0.2, 0) is 6.42 Å². The van der Waals surface area contributed by atoms with E-state index in [0.717, 1.165) is 6.07 Å². The molecule has 0 saturated heterocycles. The van der Waals surface area contributed by atoms with Crippen LogP contribution in [0, 0.1) is 0 Å². The molecule has 2 rings (SSSR count). The van der Waals surface area contributed by atoms with Crippen LogP contribution in [0.5, 0.6) is 11.5 Å². The third-order valence-corrected chi connectivity index (χ3v) is 2.73. The molecule has 0 aromatic heterocycles. The number of aryl methyl sites for hydroxylation is 1. The third kappa shape index (κ3) is 2.77. The van der Waals surface area contributed by atoms with E-state index in [4.69, 9.17) is 9.76 Å². The molecule has 9 heteroatoms. The minimum Gasteiger partial charge on any atom is -0.669 e. The van der Waals surface area contributed by atoms with Crippen LogP contribution >= 0.6 is 0 Å². The van der Waals surface area contributed by atoms with Gasteiger partial charge in [-0.3, -0.25) is 0 Å². The number of carboxylic acid groups (broad SMARTS) is 1. The molecule has 6 nitrogen and oxygen atoms in total. The average molecular weight is 275 g/mol. The summed E-state index contributed by atoms with van der Waals surface area (Å²) >= 11 is 0. The average Bonchev–Trinajstić information content (AvgIpc) is 2.25. The van der Waals surface area contributed by atoms with Gasteiger partial charge in [-0.05, 0) is 18.1 Å². The van der Waals surface area contributed by atoms with Crippen LogP contribution in [0.25, 0.3) is 0 Å². The molecule has 0 unspecified atom stereocenters. The van der Waals surface area contributed by atoms with Crippen molar-refractivity contribution in [2.75, 3.05) is 0 Å². The fourth-order valence-corrected chi connectivity index (χ4v) is 1.93. The zero-order valence-electron chi connectivity index (χ0n) is 9.55. The van der Waals surface area contributed by atoms with Gasteiger partial charge in [-0.15, -0.1) is 0 Å². The van der Waals surface area contributed by atoms with Crippen molar-refractivity contribution in [3.05, 3.63) is 23.3 Å². The first-order chi connectivity index (χ1) is 8.80. The van der Waals surface area contributed by atoms with Crippen molar-refractivity contribution in [3.8, 4) is 11.5 Å². The van der Waals surface area contributed by atoms with Crippen molar-refractivity contribution < 1.29 is 38.1 Å². The van der Waals surface area contributed by atoms with E-state index in [-0.39, 0.29) is 18.5 Å². The lowest BCUT2D eigenvalue weighted by Gasteiger charge is -2.37. The first-order valence-corrected chi connectivity index (χ1v) is 5.43.